The van der Waals surface area contributed by atoms with Gasteiger partial charge in [0.1, 0.15) is 25.5 Å². The predicted octanol–water partition coefficient (Wildman–Crippen LogP) is -2.56. The van der Waals surface area contributed by atoms with Crippen molar-refractivity contribution < 1.29 is 31.1 Å². The molecule has 0 aliphatic rings. The summed E-state index contributed by atoms with van der Waals surface area (Å²) >= 11 is 0. The molecule has 4 nitrogen and oxygen atoms in total. The molecule has 1 heterocycles. The van der Waals surface area contributed by atoms with E-state index in [-0.39, 0.29) is 23.0 Å². The summed E-state index contributed by atoms with van der Waals surface area (Å²) in [6.45, 7) is 6.18. The van der Waals surface area contributed by atoms with E-state index in [9.17, 15) is 4.79 Å². The number of nitrogens with zero attached hydrogens (tertiary/aromatic N) is 2. The van der Waals surface area contributed by atoms with Gasteiger partial charge in [-0.1, -0.05) is 6.58 Å². The van der Waals surface area contributed by atoms with Crippen molar-refractivity contribution in [2.75, 3.05) is 6.61 Å². The van der Waals surface area contributed by atoms with Crippen molar-refractivity contribution in [2.24, 2.45) is 7.05 Å². The highest BCUT2D eigenvalue weighted by molar-refractivity contribution is 5.86. The maximum atomic E-state index is 11.0. The molecular formula is C10H15BrN2O2. The SMILES string of the molecule is C=C(C)C(=O)OCCn1cc[n+](C)c1.[Br-]. The summed E-state index contributed by atoms with van der Waals surface area (Å²) in [5.41, 5.74) is 0.433. The molecule has 1 aromatic rings. The zero-order valence-corrected chi connectivity index (χ0v) is 10.5. The van der Waals surface area contributed by atoms with E-state index in [0.29, 0.717) is 18.7 Å². The number of carbonyl (C=O) groups is 1. The third kappa shape index (κ3) is 4.78. The highest BCUT2D eigenvalue weighted by atomic mass is 79.9. The highest BCUT2D eigenvalue weighted by Crippen LogP contribution is 1.92. The fraction of sp³-hybridized carbons (Fsp3) is 0.400. The van der Waals surface area contributed by atoms with Crippen molar-refractivity contribution >= 4 is 5.97 Å². The first-order valence-corrected chi connectivity index (χ1v) is 4.43. The van der Waals surface area contributed by atoms with Crippen LogP contribution in [0.3, 0.4) is 0 Å². The molecule has 0 saturated carbocycles. The number of carbonyl (C=O) groups excluding carboxylic acids is 1. The van der Waals surface area contributed by atoms with E-state index >= 15 is 0 Å². The van der Waals surface area contributed by atoms with Crippen LogP contribution >= 0.6 is 0 Å². The van der Waals surface area contributed by atoms with Crippen molar-refractivity contribution in [3.8, 4) is 0 Å². The molecule has 1 aromatic heterocycles. The van der Waals surface area contributed by atoms with Gasteiger partial charge in [0, 0.05) is 5.57 Å². The van der Waals surface area contributed by atoms with Gasteiger partial charge in [-0.25, -0.2) is 13.9 Å². The Morgan fingerprint density at radius 1 is 1.60 bits per heavy atom. The number of aryl methyl sites for hydroxylation is 1. The Kier molecular flexibility index (Phi) is 5.93. The molecular weight excluding hydrogens is 260 g/mol. The van der Waals surface area contributed by atoms with Crippen LogP contribution in [0, 0.1) is 0 Å². The van der Waals surface area contributed by atoms with E-state index in [1.54, 1.807) is 6.92 Å². The molecule has 0 unspecified atom stereocenters. The lowest BCUT2D eigenvalue weighted by Gasteiger charge is -2.01. The van der Waals surface area contributed by atoms with Crippen LogP contribution in [0.1, 0.15) is 6.92 Å². The fourth-order valence-corrected chi connectivity index (χ4v) is 1.00. The number of esters is 1. The third-order valence-corrected chi connectivity index (χ3v) is 1.75. The Morgan fingerprint density at radius 2 is 2.27 bits per heavy atom. The molecule has 0 aliphatic carbocycles. The van der Waals surface area contributed by atoms with Gasteiger partial charge in [-0.05, 0) is 6.92 Å². The summed E-state index contributed by atoms with van der Waals surface area (Å²) in [5.74, 6) is -0.332. The highest BCUT2D eigenvalue weighted by Gasteiger charge is 2.04. The Bertz CT molecular complexity index is 347. The quantitative estimate of drug-likeness (QED) is 0.344. The topological polar surface area (TPSA) is 35.1 Å². The minimum Gasteiger partial charge on any atom is -1.00 e. The molecule has 0 N–H and O–H groups in total. The largest absolute Gasteiger partial charge is 1.00 e. The molecule has 0 aromatic carbocycles. The van der Waals surface area contributed by atoms with Crippen LogP contribution < -0.4 is 21.5 Å². The van der Waals surface area contributed by atoms with Crippen LogP contribution in [0.15, 0.2) is 30.9 Å². The Labute approximate surface area is 99.9 Å². The molecule has 0 atom stereocenters. The smallest absolute Gasteiger partial charge is 0.333 e. The summed E-state index contributed by atoms with van der Waals surface area (Å²) in [5, 5.41) is 0. The first-order chi connectivity index (χ1) is 6.59. The molecule has 84 valence electrons. The van der Waals surface area contributed by atoms with Gasteiger partial charge in [0.2, 0.25) is 6.33 Å². The molecule has 0 saturated heterocycles. The van der Waals surface area contributed by atoms with Crippen LogP contribution in [-0.4, -0.2) is 17.1 Å². The fourth-order valence-electron chi connectivity index (χ4n) is 1.00. The lowest BCUT2D eigenvalue weighted by Crippen LogP contribution is -3.00. The normalized spacial score (nSPS) is 9.20. The van der Waals surface area contributed by atoms with Crippen LogP contribution in [0.5, 0.6) is 0 Å². The van der Waals surface area contributed by atoms with Crippen LogP contribution in [0.4, 0.5) is 0 Å². The number of aromatic nitrogens is 2. The Balaban J connectivity index is 0.00000196. The average Bonchev–Trinajstić information content (AvgIpc) is 2.51. The molecule has 0 spiro atoms. The summed E-state index contributed by atoms with van der Waals surface area (Å²) in [6.07, 6.45) is 5.78. The Morgan fingerprint density at radius 3 is 2.73 bits per heavy atom. The summed E-state index contributed by atoms with van der Waals surface area (Å²) in [6, 6.07) is 0. The average molecular weight is 275 g/mol. The van der Waals surface area contributed by atoms with Crippen molar-refractivity contribution in [1.29, 1.82) is 0 Å². The maximum Gasteiger partial charge on any atom is 0.333 e. The van der Waals surface area contributed by atoms with E-state index in [1.807, 2.05) is 34.9 Å². The second-order valence-corrected chi connectivity index (χ2v) is 3.23. The molecule has 1 rings (SSSR count). The molecule has 0 bridgehead atoms. The first-order valence-electron chi connectivity index (χ1n) is 4.43. The molecule has 0 radical (unpaired) electrons. The first kappa shape index (κ1) is 13.9. The Hall–Kier alpha value is -1.10. The number of hydrogen-bond acceptors (Lipinski definition) is 2. The second-order valence-electron chi connectivity index (χ2n) is 3.23. The van der Waals surface area contributed by atoms with Crippen molar-refractivity contribution in [2.45, 2.75) is 13.5 Å². The summed E-state index contributed by atoms with van der Waals surface area (Å²) in [4.78, 5) is 11.0. The number of ether oxygens (including phenoxy) is 1. The van der Waals surface area contributed by atoms with Gasteiger partial charge in [-0.2, -0.15) is 0 Å². The van der Waals surface area contributed by atoms with Gasteiger partial charge in [-0.3, -0.25) is 0 Å². The van der Waals surface area contributed by atoms with E-state index in [4.69, 9.17) is 4.74 Å². The standard InChI is InChI=1S/C10H15N2O2.BrH/c1-9(2)10(13)14-7-6-12-5-4-11(3)8-12;/h4-5,8H,1,6-7H2,2-3H3;1H/q+1;/p-1. The number of hydrogen-bond donors (Lipinski definition) is 0. The van der Waals surface area contributed by atoms with Crippen LogP contribution in [0.2, 0.25) is 0 Å². The lowest BCUT2D eigenvalue weighted by atomic mass is 10.4. The number of halogens is 1. The van der Waals surface area contributed by atoms with Crippen molar-refractivity contribution in [3.63, 3.8) is 0 Å². The third-order valence-electron chi connectivity index (χ3n) is 1.75. The summed E-state index contributed by atoms with van der Waals surface area (Å²) in [7, 11) is 1.94. The molecule has 0 fully saturated rings. The van der Waals surface area contributed by atoms with Gasteiger partial charge in [0.25, 0.3) is 0 Å². The van der Waals surface area contributed by atoms with E-state index in [0.717, 1.165) is 0 Å². The zero-order chi connectivity index (χ0) is 10.6. The monoisotopic (exact) mass is 274 g/mol. The lowest BCUT2D eigenvalue weighted by molar-refractivity contribution is -0.671. The zero-order valence-electron chi connectivity index (χ0n) is 8.94. The minimum atomic E-state index is -0.332. The van der Waals surface area contributed by atoms with Crippen molar-refractivity contribution in [1.82, 2.24) is 4.57 Å². The van der Waals surface area contributed by atoms with E-state index in [2.05, 4.69) is 6.58 Å². The van der Waals surface area contributed by atoms with Crippen LogP contribution in [0.25, 0.3) is 0 Å². The van der Waals surface area contributed by atoms with Gasteiger partial charge in [0.05, 0.1) is 7.05 Å². The van der Waals surface area contributed by atoms with Gasteiger partial charge in [0.15, 0.2) is 0 Å². The van der Waals surface area contributed by atoms with Crippen molar-refractivity contribution in [3.05, 3.63) is 30.9 Å². The minimum absolute atomic E-state index is 0. The van der Waals surface area contributed by atoms with Crippen LogP contribution in [-0.2, 0) is 23.1 Å². The number of rotatable bonds is 4. The molecule has 0 amide bonds. The van der Waals surface area contributed by atoms with Gasteiger partial charge >= 0.3 is 5.97 Å². The molecule has 15 heavy (non-hydrogen) atoms. The van der Waals surface area contributed by atoms with Gasteiger partial charge < -0.3 is 21.7 Å². The van der Waals surface area contributed by atoms with E-state index in [1.165, 1.54) is 0 Å². The van der Waals surface area contributed by atoms with E-state index < -0.39 is 0 Å². The summed E-state index contributed by atoms with van der Waals surface area (Å²) < 4.78 is 8.83. The molecule has 5 heteroatoms. The van der Waals surface area contributed by atoms with Gasteiger partial charge in [-0.15, -0.1) is 0 Å². The molecule has 0 aliphatic heterocycles. The second kappa shape index (κ2) is 6.40. The maximum absolute atomic E-state index is 11.0. The number of imidazole rings is 1. The predicted molar refractivity (Wildman–Crippen MR) is 51.4 cm³/mol.